The van der Waals surface area contributed by atoms with E-state index in [1.54, 1.807) is 6.92 Å². The lowest BCUT2D eigenvalue weighted by Gasteiger charge is -2.03. The maximum atomic E-state index is 10.9. The molecule has 1 heteroatoms. The molecular formula is C14H18O. The first-order valence-corrected chi connectivity index (χ1v) is 5.31. The van der Waals surface area contributed by atoms with E-state index < -0.39 is 0 Å². The second-order valence-electron chi connectivity index (χ2n) is 4.01. The second kappa shape index (κ2) is 5.50. The highest BCUT2D eigenvalue weighted by molar-refractivity contribution is 5.78. The van der Waals surface area contributed by atoms with E-state index in [2.05, 4.69) is 32.1 Å². The molecule has 80 valence electrons. The van der Waals surface area contributed by atoms with E-state index >= 15 is 0 Å². The third-order valence-corrected chi connectivity index (χ3v) is 2.45. The molecule has 0 unspecified atom stereocenters. The third kappa shape index (κ3) is 4.11. The van der Waals surface area contributed by atoms with Gasteiger partial charge in [0.2, 0.25) is 0 Å². The molecular weight excluding hydrogens is 184 g/mol. The quantitative estimate of drug-likeness (QED) is 0.684. The predicted molar refractivity (Wildman–Crippen MR) is 64.0 cm³/mol. The van der Waals surface area contributed by atoms with E-state index in [0.29, 0.717) is 6.42 Å². The molecule has 0 aliphatic rings. The number of allylic oxidation sites excluding steroid dienone is 2. The van der Waals surface area contributed by atoms with Gasteiger partial charge >= 0.3 is 0 Å². The molecule has 0 fully saturated rings. The molecule has 0 spiro atoms. The fourth-order valence-corrected chi connectivity index (χ4v) is 1.49. The van der Waals surface area contributed by atoms with E-state index in [1.807, 2.05) is 12.1 Å². The summed E-state index contributed by atoms with van der Waals surface area (Å²) in [5, 5.41) is 0. The van der Waals surface area contributed by atoms with Crippen LogP contribution < -0.4 is 0 Å². The van der Waals surface area contributed by atoms with Gasteiger partial charge in [0.25, 0.3) is 0 Å². The molecule has 0 amide bonds. The van der Waals surface area contributed by atoms with Crippen molar-refractivity contribution in [3.8, 4) is 0 Å². The van der Waals surface area contributed by atoms with Crippen molar-refractivity contribution >= 4 is 5.78 Å². The van der Waals surface area contributed by atoms with Gasteiger partial charge in [-0.25, -0.2) is 0 Å². The minimum Gasteiger partial charge on any atom is -0.300 e. The molecule has 0 atom stereocenters. The average molecular weight is 202 g/mol. The van der Waals surface area contributed by atoms with Crippen LogP contribution in [-0.4, -0.2) is 5.78 Å². The molecule has 0 aromatic heterocycles. The molecule has 0 radical (unpaired) electrons. The van der Waals surface area contributed by atoms with Crippen molar-refractivity contribution in [2.24, 2.45) is 0 Å². The summed E-state index contributed by atoms with van der Waals surface area (Å²) in [6.45, 7) is 5.81. The second-order valence-corrected chi connectivity index (χ2v) is 4.01. The summed E-state index contributed by atoms with van der Waals surface area (Å²) in [4.78, 5) is 10.9. The molecule has 0 aliphatic carbocycles. The van der Waals surface area contributed by atoms with Crippen LogP contribution >= 0.6 is 0 Å². The van der Waals surface area contributed by atoms with E-state index in [4.69, 9.17) is 0 Å². The van der Waals surface area contributed by atoms with Gasteiger partial charge in [-0.05, 0) is 38.3 Å². The highest BCUT2D eigenvalue weighted by atomic mass is 16.1. The van der Waals surface area contributed by atoms with Gasteiger partial charge in [-0.15, -0.1) is 0 Å². The van der Waals surface area contributed by atoms with Crippen LogP contribution in [0.4, 0.5) is 0 Å². The molecule has 0 bridgehead atoms. The molecule has 0 N–H and O–H groups in total. The molecule has 1 aromatic rings. The van der Waals surface area contributed by atoms with Crippen molar-refractivity contribution in [1.29, 1.82) is 0 Å². The Kier molecular flexibility index (Phi) is 4.29. The van der Waals surface area contributed by atoms with Gasteiger partial charge in [-0.1, -0.05) is 35.9 Å². The topological polar surface area (TPSA) is 17.1 Å². The first-order chi connectivity index (χ1) is 7.11. The number of carbonyl (C=O) groups is 1. The van der Waals surface area contributed by atoms with Crippen molar-refractivity contribution in [2.75, 3.05) is 0 Å². The number of hydrogen-bond acceptors (Lipinski definition) is 1. The van der Waals surface area contributed by atoms with E-state index in [1.165, 1.54) is 11.1 Å². The first-order valence-electron chi connectivity index (χ1n) is 5.31. The third-order valence-electron chi connectivity index (χ3n) is 2.45. The Hall–Kier alpha value is -1.37. The zero-order valence-electron chi connectivity index (χ0n) is 9.71. The van der Waals surface area contributed by atoms with Crippen LogP contribution in [0.1, 0.15) is 31.9 Å². The normalized spacial score (nSPS) is 11.5. The van der Waals surface area contributed by atoms with Crippen LogP contribution in [0.15, 0.2) is 35.9 Å². The first kappa shape index (κ1) is 11.7. The van der Waals surface area contributed by atoms with E-state index in [0.717, 1.165) is 12.0 Å². The van der Waals surface area contributed by atoms with Gasteiger partial charge in [-0.2, -0.15) is 0 Å². The lowest BCUT2D eigenvalue weighted by molar-refractivity contribution is -0.116. The Labute approximate surface area is 91.8 Å². The molecule has 15 heavy (non-hydrogen) atoms. The van der Waals surface area contributed by atoms with E-state index in [9.17, 15) is 4.79 Å². The summed E-state index contributed by atoms with van der Waals surface area (Å²) in [7, 11) is 0. The van der Waals surface area contributed by atoms with Crippen LogP contribution in [0.3, 0.4) is 0 Å². The van der Waals surface area contributed by atoms with Crippen LogP contribution in [0, 0.1) is 0 Å². The molecule has 1 aromatic carbocycles. The average Bonchev–Trinajstić information content (AvgIpc) is 2.20. The molecule has 0 heterocycles. The van der Waals surface area contributed by atoms with Crippen molar-refractivity contribution in [1.82, 2.24) is 0 Å². The predicted octanol–water partition coefficient (Wildman–Crippen LogP) is 3.33. The van der Waals surface area contributed by atoms with Crippen LogP contribution in [0.2, 0.25) is 0 Å². The zero-order valence-corrected chi connectivity index (χ0v) is 9.71. The number of Topliss-reactive ketones (excluding diaryl/α,β-unsaturated/α-hetero) is 1. The molecule has 0 aliphatic heterocycles. The number of rotatable bonds is 4. The number of benzene rings is 1. The summed E-state index contributed by atoms with van der Waals surface area (Å²) in [6, 6.07) is 8.29. The van der Waals surface area contributed by atoms with Gasteiger partial charge in [0, 0.05) is 6.42 Å². The maximum absolute atomic E-state index is 10.9. The van der Waals surface area contributed by atoms with Gasteiger partial charge < -0.3 is 0 Å². The Balaban J connectivity index is 2.68. The number of carbonyl (C=O) groups excluding carboxylic acids is 1. The van der Waals surface area contributed by atoms with Crippen LogP contribution in [0.25, 0.3) is 0 Å². The Bertz CT molecular complexity index is 357. The Morgan fingerprint density at radius 2 is 1.53 bits per heavy atom. The smallest absolute Gasteiger partial charge is 0.134 e. The number of ketones is 1. The lowest BCUT2D eigenvalue weighted by Crippen LogP contribution is -1.96. The molecule has 1 rings (SSSR count). The van der Waals surface area contributed by atoms with Crippen molar-refractivity contribution in [3.05, 3.63) is 47.0 Å². The number of hydrogen-bond donors (Lipinski definition) is 0. The summed E-state index contributed by atoms with van der Waals surface area (Å²) in [5.41, 5.74) is 3.77. The molecule has 0 saturated carbocycles. The van der Waals surface area contributed by atoms with Crippen LogP contribution in [0.5, 0.6) is 0 Å². The lowest BCUT2D eigenvalue weighted by atomic mass is 10.0. The fourth-order valence-electron chi connectivity index (χ4n) is 1.49. The highest BCUT2D eigenvalue weighted by Crippen LogP contribution is 2.10. The molecule has 0 saturated heterocycles. The Morgan fingerprint density at radius 1 is 1.07 bits per heavy atom. The van der Waals surface area contributed by atoms with Crippen molar-refractivity contribution in [3.63, 3.8) is 0 Å². The molecule has 1 nitrogen and oxygen atoms in total. The minimum atomic E-state index is 0.215. The maximum Gasteiger partial charge on any atom is 0.134 e. The monoisotopic (exact) mass is 202 g/mol. The summed E-state index contributed by atoms with van der Waals surface area (Å²) < 4.78 is 0. The van der Waals surface area contributed by atoms with Gasteiger partial charge in [0.15, 0.2) is 0 Å². The minimum absolute atomic E-state index is 0.215. The summed E-state index contributed by atoms with van der Waals surface area (Å²) in [6.07, 6.45) is 3.67. The zero-order chi connectivity index (χ0) is 11.3. The summed E-state index contributed by atoms with van der Waals surface area (Å²) >= 11 is 0. The van der Waals surface area contributed by atoms with E-state index in [-0.39, 0.29) is 5.78 Å². The standard InChI is InChI=1S/C14H18O/c1-4-11(2)9-13-5-7-14(8-6-13)10-12(3)15/h4-8H,9-10H2,1-3H3/b11-4+. The fraction of sp³-hybridized carbons (Fsp3) is 0.357. The largest absolute Gasteiger partial charge is 0.300 e. The van der Waals surface area contributed by atoms with Crippen LogP contribution in [-0.2, 0) is 17.6 Å². The van der Waals surface area contributed by atoms with Gasteiger partial charge in [0.1, 0.15) is 5.78 Å². The Morgan fingerprint density at radius 3 is 1.93 bits per heavy atom. The SMILES string of the molecule is C/C=C(\C)Cc1ccc(CC(C)=O)cc1. The van der Waals surface area contributed by atoms with Crippen molar-refractivity contribution < 1.29 is 4.79 Å². The van der Waals surface area contributed by atoms with Gasteiger partial charge in [0.05, 0.1) is 0 Å². The summed E-state index contributed by atoms with van der Waals surface area (Å²) in [5.74, 6) is 0.215. The van der Waals surface area contributed by atoms with Gasteiger partial charge in [-0.3, -0.25) is 4.79 Å². The highest BCUT2D eigenvalue weighted by Gasteiger charge is 1.98. The van der Waals surface area contributed by atoms with Crippen molar-refractivity contribution in [2.45, 2.75) is 33.6 Å².